The summed E-state index contributed by atoms with van der Waals surface area (Å²) >= 11 is 0. The Hall–Kier alpha value is -1.71. The Morgan fingerprint density at radius 3 is 2.62 bits per heavy atom. The molecule has 16 heavy (non-hydrogen) atoms. The first-order valence-electron chi connectivity index (χ1n) is 5.35. The number of nitrogens with two attached hydrogens (primary N) is 1. The molecular weight excluding hydrogens is 202 g/mol. The molecular formula is C12H19N3O. The van der Waals surface area contributed by atoms with Crippen LogP contribution in [0.3, 0.4) is 0 Å². The van der Waals surface area contributed by atoms with Gasteiger partial charge in [-0.15, -0.1) is 0 Å². The van der Waals surface area contributed by atoms with Gasteiger partial charge < -0.3 is 15.5 Å². The Balaban J connectivity index is 2.65. The van der Waals surface area contributed by atoms with E-state index >= 15 is 0 Å². The molecule has 0 heterocycles. The van der Waals surface area contributed by atoms with Gasteiger partial charge in [0.25, 0.3) is 0 Å². The van der Waals surface area contributed by atoms with E-state index in [4.69, 9.17) is 5.73 Å². The minimum atomic E-state index is 0.104. The van der Waals surface area contributed by atoms with Gasteiger partial charge in [0.2, 0.25) is 5.91 Å². The number of carbonyl (C=O) groups is 1. The number of amides is 1. The Bertz CT molecular complexity index is 365. The van der Waals surface area contributed by atoms with Crippen LogP contribution < -0.4 is 10.6 Å². The van der Waals surface area contributed by atoms with Crippen molar-refractivity contribution in [3.63, 3.8) is 0 Å². The lowest BCUT2D eigenvalue weighted by Crippen LogP contribution is -2.36. The summed E-state index contributed by atoms with van der Waals surface area (Å²) in [4.78, 5) is 15.3. The molecule has 1 aromatic carbocycles. The van der Waals surface area contributed by atoms with Crippen molar-refractivity contribution in [1.82, 2.24) is 4.90 Å². The standard InChI is InChI=1S/C12H19N3O/c1-4-14(2)12(16)9-15(3)11-7-5-6-10(13)8-11/h5-8H,4,9,13H2,1-3H3. The average Bonchev–Trinajstić information content (AvgIpc) is 2.27. The van der Waals surface area contributed by atoms with Crippen LogP contribution in [-0.2, 0) is 4.79 Å². The second-order valence-electron chi connectivity index (χ2n) is 3.86. The molecule has 0 aliphatic carbocycles. The van der Waals surface area contributed by atoms with Gasteiger partial charge in [-0.3, -0.25) is 4.79 Å². The average molecular weight is 221 g/mol. The Morgan fingerprint density at radius 2 is 2.06 bits per heavy atom. The van der Waals surface area contributed by atoms with Crippen molar-refractivity contribution in [3.8, 4) is 0 Å². The first kappa shape index (κ1) is 12.4. The van der Waals surface area contributed by atoms with Crippen molar-refractivity contribution in [3.05, 3.63) is 24.3 Å². The minimum absolute atomic E-state index is 0.104. The molecule has 0 saturated carbocycles. The zero-order valence-electron chi connectivity index (χ0n) is 10.1. The third-order valence-electron chi connectivity index (χ3n) is 2.58. The summed E-state index contributed by atoms with van der Waals surface area (Å²) < 4.78 is 0. The third kappa shape index (κ3) is 3.15. The summed E-state index contributed by atoms with van der Waals surface area (Å²) in [6, 6.07) is 7.52. The molecule has 0 atom stereocenters. The van der Waals surface area contributed by atoms with Gasteiger partial charge in [-0.25, -0.2) is 0 Å². The Kier molecular flexibility index (Phi) is 4.17. The van der Waals surface area contributed by atoms with E-state index in [1.807, 2.05) is 43.1 Å². The highest BCUT2D eigenvalue weighted by Crippen LogP contribution is 2.15. The molecule has 1 aromatic rings. The molecule has 1 rings (SSSR count). The summed E-state index contributed by atoms with van der Waals surface area (Å²) in [5, 5.41) is 0. The summed E-state index contributed by atoms with van der Waals surface area (Å²) in [5.74, 6) is 0.104. The summed E-state index contributed by atoms with van der Waals surface area (Å²) in [6.07, 6.45) is 0. The van der Waals surface area contributed by atoms with E-state index in [1.54, 1.807) is 11.9 Å². The largest absolute Gasteiger partial charge is 0.399 e. The van der Waals surface area contributed by atoms with Crippen LogP contribution in [0.1, 0.15) is 6.92 Å². The smallest absolute Gasteiger partial charge is 0.241 e. The molecule has 4 heteroatoms. The number of hydrogen-bond donors (Lipinski definition) is 1. The molecule has 0 radical (unpaired) electrons. The van der Waals surface area contributed by atoms with Crippen LogP contribution in [0.4, 0.5) is 11.4 Å². The van der Waals surface area contributed by atoms with Crippen molar-refractivity contribution in [2.45, 2.75) is 6.92 Å². The highest BCUT2D eigenvalue weighted by molar-refractivity contribution is 5.81. The Morgan fingerprint density at radius 1 is 1.38 bits per heavy atom. The van der Waals surface area contributed by atoms with E-state index < -0.39 is 0 Å². The van der Waals surface area contributed by atoms with Crippen LogP contribution in [0.5, 0.6) is 0 Å². The molecule has 88 valence electrons. The van der Waals surface area contributed by atoms with E-state index in [0.29, 0.717) is 12.2 Å². The van der Waals surface area contributed by atoms with Crippen LogP contribution in [0, 0.1) is 0 Å². The molecule has 0 aromatic heterocycles. The van der Waals surface area contributed by atoms with Gasteiger partial charge in [0.05, 0.1) is 6.54 Å². The molecule has 0 spiro atoms. The molecule has 0 aliphatic heterocycles. The van der Waals surface area contributed by atoms with Crippen LogP contribution in [-0.4, -0.2) is 38.0 Å². The van der Waals surface area contributed by atoms with Gasteiger partial charge in [0.1, 0.15) is 0 Å². The normalized spacial score (nSPS) is 9.94. The molecule has 0 unspecified atom stereocenters. The highest BCUT2D eigenvalue weighted by atomic mass is 16.2. The van der Waals surface area contributed by atoms with Crippen LogP contribution in [0.15, 0.2) is 24.3 Å². The summed E-state index contributed by atoms with van der Waals surface area (Å²) in [7, 11) is 3.69. The third-order valence-corrected chi connectivity index (χ3v) is 2.58. The number of nitrogen functional groups attached to an aromatic ring is 1. The molecule has 0 fully saturated rings. The minimum Gasteiger partial charge on any atom is -0.399 e. The zero-order valence-corrected chi connectivity index (χ0v) is 10.1. The van der Waals surface area contributed by atoms with E-state index in [0.717, 1.165) is 12.2 Å². The van der Waals surface area contributed by atoms with Crippen LogP contribution >= 0.6 is 0 Å². The molecule has 1 amide bonds. The van der Waals surface area contributed by atoms with Crippen molar-refractivity contribution in [2.24, 2.45) is 0 Å². The van der Waals surface area contributed by atoms with Crippen molar-refractivity contribution in [1.29, 1.82) is 0 Å². The van der Waals surface area contributed by atoms with E-state index in [1.165, 1.54) is 0 Å². The van der Waals surface area contributed by atoms with Gasteiger partial charge in [-0.1, -0.05) is 6.07 Å². The fraction of sp³-hybridized carbons (Fsp3) is 0.417. The SMILES string of the molecule is CCN(C)C(=O)CN(C)c1cccc(N)c1. The predicted molar refractivity (Wildman–Crippen MR) is 67.4 cm³/mol. The van der Waals surface area contributed by atoms with Crippen molar-refractivity contribution >= 4 is 17.3 Å². The summed E-state index contributed by atoms with van der Waals surface area (Å²) in [6.45, 7) is 3.05. The molecule has 4 nitrogen and oxygen atoms in total. The fourth-order valence-electron chi connectivity index (χ4n) is 1.35. The number of carbonyl (C=O) groups excluding carboxylic acids is 1. The van der Waals surface area contributed by atoms with Crippen LogP contribution in [0.2, 0.25) is 0 Å². The number of likely N-dealkylation sites (N-methyl/N-ethyl adjacent to an activating group) is 2. The maximum Gasteiger partial charge on any atom is 0.241 e. The van der Waals surface area contributed by atoms with E-state index in [2.05, 4.69) is 0 Å². The fourth-order valence-corrected chi connectivity index (χ4v) is 1.35. The number of nitrogens with zero attached hydrogens (tertiary/aromatic N) is 2. The maximum absolute atomic E-state index is 11.7. The number of hydrogen-bond acceptors (Lipinski definition) is 3. The molecule has 2 N–H and O–H groups in total. The quantitative estimate of drug-likeness (QED) is 0.777. The lowest BCUT2D eigenvalue weighted by molar-refractivity contribution is -0.128. The predicted octanol–water partition coefficient (Wildman–Crippen LogP) is 1.18. The lowest BCUT2D eigenvalue weighted by atomic mass is 10.2. The second-order valence-corrected chi connectivity index (χ2v) is 3.86. The number of rotatable bonds is 4. The Labute approximate surface area is 96.6 Å². The first-order valence-corrected chi connectivity index (χ1v) is 5.35. The molecule has 0 aliphatic rings. The topological polar surface area (TPSA) is 49.6 Å². The molecule has 0 bridgehead atoms. The van der Waals surface area contributed by atoms with Crippen LogP contribution in [0.25, 0.3) is 0 Å². The van der Waals surface area contributed by atoms with Gasteiger partial charge in [-0.2, -0.15) is 0 Å². The maximum atomic E-state index is 11.7. The summed E-state index contributed by atoms with van der Waals surface area (Å²) in [5.41, 5.74) is 7.36. The van der Waals surface area contributed by atoms with Crippen molar-refractivity contribution < 1.29 is 4.79 Å². The zero-order chi connectivity index (χ0) is 12.1. The van der Waals surface area contributed by atoms with E-state index in [9.17, 15) is 4.79 Å². The monoisotopic (exact) mass is 221 g/mol. The molecule has 0 saturated heterocycles. The second kappa shape index (κ2) is 5.39. The van der Waals surface area contributed by atoms with Gasteiger partial charge in [-0.05, 0) is 25.1 Å². The lowest BCUT2D eigenvalue weighted by Gasteiger charge is -2.22. The van der Waals surface area contributed by atoms with Gasteiger partial charge >= 0.3 is 0 Å². The van der Waals surface area contributed by atoms with Gasteiger partial charge in [0.15, 0.2) is 0 Å². The first-order chi connectivity index (χ1) is 7.54. The number of benzene rings is 1. The highest BCUT2D eigenvalue weighted by Gasteiger charge is 2.10. The van der Waals surface area contributed by atoms with Gasteiger partial charge in [0, 0.05) is 32.0 Å². The van der Waals surface area contributed by atoms with E-state index in [-0.39, 0.29) is 5.91 Å². The van der Waals surface area contributed by atoms with Crippen molar-refractivity contribution in [2.75, 3.05) is 37.8 Å². The number of anilines is 2.